The highest BCUT2D eigenvalue weighted by Gasteiger charge is 2.13. The van der Waals surface area contributed by atoms with Crippen molar-refractivity contribution in [1.29, 1.82) is 0 Å². The first-order valence-corrected chi connectivity index (χ1v) is 6.82. The average Bonchev–Trinajstić information content (AvgIpc) is 2.35. The monoisotopic (exact) mass is 286 g/mol. The summed E-state index contributed by atoms with van der Waals surface area (Å²) >= 11 is 6.02. The maximum atomic E-state index is 6.02. The third-order valence-electron chi connectivity index (χ3n) is 2.86. The van der Waals surface area contributed by atoms with Crippen LogP contribution in [0.15, 0.2) is 6.20 Å². The molecule has 0 aromatic carbocycles. The molecular formula is C12H23ClN6. The van der Waals surface area contributed by atoms with Crippen molar-refractivity contribution in [3.8, 4) is 0 Å². The molecule has 0 amide bonds. The zero-order valence-corrected chi connectivity index (χ0v) is 12.7. The number of anilines is 2. The number of rotatable bonds is 7. The Bertz CT molecular complexity index is 388. The summed E-state index contributed by atoms with van der Waals surface area (Å²) in [6, 6.07) is 1.01. The molecule has 0 bridgehead atoms. The second-order valence-electron chi connectivity index (χ2n) is 4.89. The first kappa shape index (κ1) is 15.9. The van der Waals surface area contributed by atoms with Crippen molar-refractivity contribution in [2.24, 2.45) is 5.84 Å². The van der Waals surface area contributed by atoms with Gasteiger partial charge in [-0.05, 0) is 27.7 Å². The van der Waals surface area contributed by atoms with Crippen LogP contribution in [0, 0.1) is 0 Å². The number of nitrogen functional groups attached to an aromatic ring is 1. The van der Waals surface area contributed by atoms with E-state index in [2.05, 4.69) is 53.3 Å². The van der Waals surface area contributed by atoms with E-state index < -0.39 is 0 Å². The first-order chi connectivity index (χ1) is 8.95. The number of nitrogens with zero attached hydrogens (tertiary/aromatic N) is 3. The van der Waals surface area contributed by atoms with Crippen molar-refractivity contribution in [3.05, 3.63) is 11.2 Å². The van der Waals surface area contributed by atoms with Crippen LogP contribution in [0.1, 0.15) is 27.7 Å². The van der Waals surface area contributed by atoms with E-state index in [-0.39, 0.29) is 0 Å². The Kier molecular flexibility index (Phi) is 6.27. The van der Waals surface area contributed by atoms with Crippen molar-refractivity contribution < 1.29 is 0 Å². The van der Waals surface area contributed by atoms with Gasteiger partial charge in [0.1, 0.15) is 5.02 Å². The molecule has 0 unspecified atom stereocenters. The lowest BCUT2D eigenvalue weighted by molar-refractivity contribution is 0.182. The minimum absolute atomic E-state index is 0.344. The van der Waals surface area contributed by atoms with Crippen LogP contribution >= 0.6 is 11.6 Å². The normalized spacial score (nSPS) is 11.4. The van der Waals surface area contributed by atoms with Gasteiger partial charge >= 0.3 is 0 Å². The van der Waals surface area contributed by atoms with Crippen molar-refractivity contribution >= 4 is 23.4 Å². The number of hydrazine groups is 1. The van der Waals surface area contributed by atoms with E-state index in [4.69, 9.17) is 17.4 Å². The number of nitrogens with one attached hydrogen (secondary N) is 2. The number of aromatic nitrogens is 2. The lowest BCUT2D eigenvalue weighted by Crippen LogP contribution is -2.40. The Balaban J connectivity index is 2.57. The highest BCUT2D eigenvalue weighted by atomic mass is 35.5. The molecule has 0 aliphatic carbocycles. The smallest absolute Gasteiger partial charge is 0.239 e. The van der Waals surface area contributed by atoms with Crippen LogP contribution in [0.4, 0.5) is 11.8 Å². The largest absolute Gasteiger partial charge is 0.367 e. The van der Waals surface area contributed by atoms with E-state index in [0.717, 1.165) is 13.1 Å². The standard InChI is InChI=1S/C12H23ClN6/c1-8(2)19(9(3)4)6-5-15-11-10(13)7-16-12(17-11)18-14/h7-9H,5-6,14H2,1-4H3,(H2,15,16,17,18). The van der Waals surface area contributed by atoms with Crippen LogP contribution in [0.2, 0.25) is 5.02 Å². The summed E-state index contributed by atoms with van der Waals surface area (Å²) < 4.78 is 0. The molecule has 1 heterocycles. The predicted molar refractivity (Wildman–Crippen MR) is 80.3 cm³/mol. The maximum absolute atomic E-state index is 6.02. The molecule has 0 saturated heterocycles. The Morgan fingerprint density at radius 2 is 1.95 bits per heavy atom. The number of halogens is 1. The van der Waals surface area contributed by atoms with Crippen LogP contribution in [0.5, 0.6) is 0 Å². The minimum atomic E-state index is 0.344. The van der Waals surface area contributed by atoms with E-state index in [1.165, 1.54) is 6.20 Å². The van der Waals surface area contributed by atoms with Gasteiger partial charge in [-0.2, -0.15) is 4.98 Å². The quantitative estimate of drug-likeness (QED) is 0.525. The van der Waals surface area contributed by atoms with Gasteiger partial charge in [0.05, 0.1) is 6.20 Å². The fourth-order valence-corrected chi connectivity index (χ4v) is 2.13. The van der Waals surface area contributed by atoms with E-state index in [9.17, 15) is 0 Å². The Labute approximate surface area is 119 Å². The lowest BCUT2D eigenvalue weighted by Gasteiger charge is -2.30. The first-order valence-electron chi connectivity index (χ1n) is 6.44. The molecule has 19 heavy (non-hydrogen) atoms. The molecule has 7 heteroatoms. The third kappa shape index (κ3) is 4.81. The Morgan fingerprint density at radius 3 is 2.47 bits per heavy atom. The molecule has 0 aliphatic rings. The van der Waals surface area contributed by atoms with Gasteiger partial charge in [0, 0.05) is 25.2 Å². The lowest BCUT2D eigenvalue weighted by atomic mass is 10.2. The molecule has 108 valence electrons. The fourth-order valence-electron chi connectivity index (χ4n) is 1.98. The van der Waals surface area contributed by atoms with Crippen molar-refractivity contribution in [2.75, 3.05) is 23.8 Å². The molecule has 0 saturated carbocycles. The summed E-state index contributed by atoms with van der Waals surface area (Å²) in [5.74, 6) is 6.21. The van der Waals surface area contributed by atoms with Gasteiger partial charge in [-0.25, -0.2) is 10.8 Å². The van der Waals surface area contributed by atoms with Crippen LogP contribution in [-0.4, -0.2) is 40.0 Å². The zero-order chi connectivity index (χ0) is 14.4. The summed E-state index contributed by atoms with van der Waals surface area (Å²) in [6.07, 6.45) is 1.52. The van der Waals surface area contributed by atoms with E-state index in [0.29, 0.717) is 28.9 Å². The predicted octanol–water partition coefficient (Wildman–Crippen LogP) is 1.95. The Morgan fingerprint density at radius 1 is 1.32 bits per heavy atom. The zero-order valence-electron chi connectivity index (χ0n) is 11.9. The topological polar surface area (TPSA) is 79.1 Å². The van der Waals surface area contributed by atoms with Gasteiger partial charge in [-0.3, -0.25) is 10.3 Å². The van der Waals surface area contributed by atoms with Gasteiger partial charge in [0.2, 0.25) is 5.95 Å². The SMILES string of the molecule is CC(C)N(CCNc1nc(NN)ncc1Cl)C(C)C. The van der Waals surface area contributed by atoms with E-state index >= 15 is 0 Å². The van der Waals surface area contributed by atoms with Crippen molar-refractivity contribution in [3.63, 3.8) is 0 Å². The second-order valence-corrected chi connectivity index (χ2v) is 5.29. The van der Waals surface area contributed by atoms with Gasteiger partial charge in [0.15, 0.2) is 5.82 Å². The molecule has 0 atom stereocenters. The van der Waals surface area contributed by atoms with Gasteiger partial charge in [-0.1, -0.05) is 11.6 Å². The molecule has 1 aromatic heterocycles. The van der Waals surface area contributed by atoms with Gasteiger partial charge in [-0.15, -0.1) is 0 Å². The van der Waals surface area contributed by atoms with Crippen LogP contribution in [0.25, 0.3) is 0 Å². The van der Waals surface area contributed by atoms with Crippen LogP contribution in [0.3, 0.4) is 0 Å². The van der Waals surface area contributed by atoms with Crippen LogP contribution < -0.4 is 16.6 Å². The molecule has 1 rings (SSSR count). The highest BCUT2D eigenvalue weighted by molar-refractivity contribution is 6.32. The van der Waals surface area contributed by atoms with Gasteiger partial charge in [0.25, 0.3) is 0 Å². The van der Waals surface area contributed by atoms with Gasteiger partial charge < -0.3 is 5.32 Å². The number of nitrogens with two attached hydrogens (primary N) is 1. The minimum Gasteiger partial charge on any atom is -0.367 e. The van der Waals surface area contributed by atoms with E-state index in [1.54, 1.807) is 0 Å². The summed E-state index contributed by atoms with van der Waals surface area (Å²) in [7, 11) is 0. The third-order valence-corrected chi connectivity index (χ3v) is 3.14. The summed E-state index contributed by atoms with van der Waals surface area (Å²) in [4.78, 5) is 10.5. The number of hydrogen-bond donors (Lipinski definition) is 3. The van der Waals surface area contributed by atoms with E-state index in [1.807, 2.05) is 0 Å². The molecule has 0 fully saturated rings. The highest BCUT2D eigenvalue weighted by Crippen LogP contribution is 2.18. The summed E-state index contributed by atoms with van der Waals surface area (Å²) in [6.45, 7) is 10.4. The molecule has 6 nitrogen and oxygen atoms in total. The van der Waals surface area contributed by atoms with Crippen LogP contribution in [-0.2, 0) is 0 Å². The molecule has 0 radical (unpaired) electrons. The average molecular weight is 287 g/mol. The molecule has 0 spiro atoms. The van der Waals surface area contributed by atoms with Crippen molar-refractivity contribution in [2.45, 2.75) is 39.8 Å². The van der Waals surface area contributed by atoms with Crippen molar-refractivity contribution in [1.82, 2.24) is 14.9 Å². The number of hydrogen-bond acceptors (Lipinski definition) is 6. The molecule has 1 aromatic rings. The maximum Gasteiger partial charge on any atom is 0.239 e. The summed E-state index contributed by atoms with van der Waals surface area (Å²) in [5.41, 5.74) is 2.40. The molecular weight excluding hydrogens is 264 g/mol. The fraction of sp³-hybridized carbons (Fsp3) is 0.667. The molecule has 4 N–H and O–H groups in total. The second kappa shape index (κ2) is 7.47. The summed E-state index contributed by atoms with van der Waals surface area (Å²) in [5, 5.41) is 3.69. The Hall–Kier alpha value is -1.11. The molecule has 0 aliphatic heterocycles.